The summed E-state index contributed by atoms with van der Waals surface area (Å²) in [6.45, 7) is 3.03. The summed E-state index contributed by atoms with van der Waals surface area (Å²) in [7, 11) is 1.75. The highest BCUT2D eigenvalue weighted by atomic mass is 16.5. The second-order valence-electron chi connectivity index (χ2n) is 5.80. The first kappa shape index (κ1) is 9.95. The lowest BCUT2D eigenvalue weighted by Gasteiger charge is -2.23. The molecule has 1 heterocycles. The van der Waals surface area contributed by atoms with E-state index in [1.54, 1.807) is 18.3 Å². The van der Waals surface area contributed by atoms with Gasteiger partial charge in [0.2, 0.25) is 0 Å². The lowest BCUT2D eigenvalue weighted by atomic mass is 9.81. The van der Waals surface area contributed by atoms with E-state index < -0.39 is 0 Å². The molecular formula is C15H18O2. The molecule has 2 heteroatoms. The molecule has 1 fully saturated rings. The molecule has 0 N–H and O–H groups in total. The summed E-state index contributed by atoms with van der Waals surface area (Å²) in [5, 5.41) is 0. The van der Waals surface area contributed by atoms with Gasteiger partial charge in [-0.25, -0.2) is 0 Å². The lowest BCUT2D eigenvalue weighted by Crippen LogP contribution is -2.17. The van der Waals surface area contributed by atoms with Crippen molar-refractivity contribution in [3.63, 3.8) is 0 Å². The van der Waals surface area contributed by atoms with E-state index in [0.29, 0.717) is 6.61 Å². The standard InChI is InChI=1S/C15H18O2/c1-8-10-3-12-9(6-16-2)7-17-15(12)5-14(10)13-4-11(8)13/h7,11,13-14H,3-6H2,1-2H3/t11-,13+,14-/m1/s1. The summed E-state index contributed by atoms with van der Waals surface area (Å²) in [4.78, 5) is 0. The van der Waals surface area contributed by atoms with Crippen LogP contribution in [-0.2, 0) is 24.2 Å². The van der Waals surface area contributed by atoms with Crippen LogP contribution in [0.5, 0.6) is 0 Å². The van der Waals surface area contributed by atoms with Crippen molar-refractivity contribution in [1.29, 1.82) is 0 Å². The molecule has 17 heavy (non-hydrogen) atoms. The number of fused-ring (bicyclic) bond motifs is 4. The second-order valence-corrected chi connectivity index (χ2v) is 5.80. The van der Waals surface area contributed by atoms with E-state index in [-0.39, 0.29) is 0 Å². The molecule has 0 spiro atoms. The highest BCUT2D eigenvalue weighted by molar-refractivity contribution is 5.44. The van der Waals surface area contributed by atoms with Crippen molar-refractivity contribution in [2.75, 3.05) is 7.11 Å². The molecule has 1 aromatic heterocycles. The minimum absolute atomic E-state index is 0.683. The number of ether oxygens (including phenoxy) is 1. The second kappa shape index (κ2) is 3.26. The zero-order chi connectivity index (χ0) is 11.6. The first-order valence-corrected chi connectivity index (χ1v) is 6.56. The van der Waals surface area contributed by atoms with Gasteiger partial charge in [0.25, 0.3) is 0 Å². The van der Waals surface area contributed by atoms with Crippen LogP contribution in [0.1, 0.15) is 30.2 Å². The van der Waals surface area contributed by atoms with Crippen molar-refractivity contribution in [2.24, 2.45) is 17.8 Å². The molecule has 4 rings (SSSR count). The van der Waals surface area contributed by atoms with E-state index in [1.165, 1.54) is 23.3 Å². The van der Waals surface area contributed by atoms with Gasteiger partial charge in [-0.1, -0.05) is 11.1 Å². The molecule has 1 saturated carbocycles. The summed E-state index contributed by atoms with van der Waals surface area (Å²) in [6, 6.07) is 0. The Morgan fingerprint density at radius 1 is 1.41 bits per heavy atom. The molecule has 3 aliphatic carbocycles. The van der Waals surface area contributed by atoms with E-state index >= 15 is 0 Å². The summed E-state index contributed by atoms with van der Waals surface area (Å²) < 4.78 is 11.0. The topological polar surface area (TPSA) is 22.4 Å². The van der Waals surface area contributed by atoms with Crippen molar-refractivity contribution in [2.45, 2.75) is 32.8 Å². The molecule has 90 valence electrons. The highest BCUT2D eigenvalue weighted by Crippen LogP contribution is 2.61. The Bertz CT molecular complexity index is 509. The Labute approximate surface area is 102 Å². The Balaban J connectivity index is 1.74. The van der Waals surface area contributed by atoms with Crippen molar-refractivity contribution in [3.8, 4) is 0 Å². The Kier molecular flexibility index (Phi) is 1.91. The third kappa shape index (κ3) is 1.25. The average Bonchev–Trinajstić information content (AvgIpc) is 2.98. The molecule has 0 radical (unpaired) electrons. The fourth-order valence-electron chi connectivity index (χ4n) is 4.01. The lowest BCUT2D eigenvalue weighted by molar-refractivity contribution is 0.183. The molecule has 1 aromatic rings. The molecule has 0 aliphatic heterocycles. The Morgan fingerprint density at radius 2 is 2.29 bits per heavy atom. The molecule has 0 bridgehead atoms. The van der Waals surface area contributed by atoms with Gasteiger partial charge in [-0.3, -0.25) is 0 Å². The zero-order valence-corrected chi connectivity index (χ0v) is 10.5. The van der Waals surface area contributed by atoms with Crippen LogP contribution in [0.15, 0.2) is 21.8 Å². The monoisotopic (exact) mass is 230 g/mol. The molecule has 0 unspecified atom stereocenters. The largest absolute Gasteiger partial charge is 0.469 e. The van der Waals surface area contributed by atoms with Gasteiger partial charge in [-0.05, 0) is 37.5 Å². The predicted molar refractivity (Wildman–Crippen MR) is 64.6 cm³/mol. The molecule has 2 nitrogen and oxygen atoms in total. The van der Waals surface area contributed by atoms with E-state index in [4.69, 9.17) is 9.15 Å². The van der Waals surface area contributed by atoms with Crippen molar-refractivity contribution >= 4 is 0 Å². The van der Waals surface area contributed by atoms with Gasteiger partial charge in [0.1, 0.15) is 5.76 Å². The van der Waals surface area contributed by atoms with Gasteiger partial charge in [0.05, 0.1) is 12.9 Å². The molecule has 3 aliphatic rings. The molecule has 0 amide bonds. The SMILES string of the molecule is COCc1coc2c1CC1=C(C)[C@H]3C[C@@H]3[C@@H]1C2. The van der Waals surface area contributed by atoms with E-state index in [1.807, 2.05) is 6.26 Å². The summed E-state index contributed by atoms with van der Waals surface area (Å²) in [5.74, 6) is 3.90. The van der Waals surface area contributed by atoms with Crippen LogP contribution >= 0.6 is 0 Å². The normalized spacial score (nSPS) is 33.4. The number of allylic oxidation sites excluding steroid dienone is 2. The fourth-order valence-corrected chi connectivity index (χ4v) is 4.01. The van der Waals surface area contributed by atoms with Gasteiger partial charge in [0.15, 0.2) is 0 Å². The molecular weight excluding hydrogens is 212 g/mol. The van der Waals surface area contributed by atoms with Crippen LogP contribution < -0.4 is 0 Å². The summed E-state index contributed by atoms with van der Waals surface area (Å²) >= 11 is 0. The number of rotatable bonds is 2. The maximum atomic E-state index is 5.75. The van der Waals surface area contributed by atoms with Crippen molar-refractivity contribution in [1.82, 2.24) is 0 Å². The van der Waals surface area contributed by atoms with Gasteiger partial charge in [-0.2, -0.15) is 0 Å². The summed E-state index contributed by atoms with van der Waals surface area (Å²) in [5.41, 5.74) is 6.08. The number of hydrogen-bond acceptors (Lipinski definition) is 2. The highest BCUT2D eigenvalue weighted by Gasteiger charge is 2.53. The Morgan fingerprint density at radius 3 is 3.12 bits per heavy atom. The smallest absolute Gasteiger partial charge is 0.108 e. The fraction of sp³-hybridized carbons (Fsp3) is 0.600. The van der Waals surface area contributed by atoms with Crippen molar-refractivity contribution < 1.29 is 9.15 Å². The quantitative estimate of drug-likeness (QED) is 0.728. The van der Waals surface area contributed by atoms with Crippen LogP contribution in [0.2, 0.25) is 0 Å². The number of furan rings is 1. The van der Waals surface area contributed by atoms with Gasteiger partial charge in [-0.15, -0.1) is 0 Å². The van der Waals surface area contributed by atoms with Gasteiger partial charge >= 0.3 is 0 Å². The van der Waals surface area contributed by atoms with Crippen LogP contribution in [0, 0.1) is 17.8 Å². The zero-order valence-electron chi connectivity index (χ0n) is 10.5. The average molecular weight is 230 g/mol. The van der Waals surface area contributed by atoms with Gasteiger partial charge < -0.3 is 9.15 Å². The van der Waals surface area contributed by atoms with E-state index in [9.17, 15) is 0 Å². The third-order valence-electron chi connectivity index (χ3n) is 5.01. The molecule has 0 saturated heterocycles. The van der Waals surface area contributed by atoms with Crippen LogP contribution in [0.4, 0.5) is 0 Å². The van der Waals surface area contributed by atoms with Crippen molar-refractivity contribution in [3.05, 3.63) is 34.3 Å². The number of hydrogen-bond donors (Lipinski definition) is 0. The first-order valence-electron chi connectivity index (χ1n) is 6.56. The van der Waals surface area contributed by atoms with Crippen LogP contribution in [0.3, 0.4) is 0 Å². The molecule has 0 aromatic carbocycles. The molecule has 3 atom stereocenters. The van der Waals surface area contributed by atoms with Gasteiger partial charge in [0, 0.05) is 24.7 Å². The summed E-state index contributed by atoms with van der Waals surface area (Å²) in [6.07, 6.45) is 5.58. The maximum absolute atomic E-state index is 5.75. The van der Waals surface area contributed by atoms with E-state index in [2.05, 4.69) is 6.92 Å². The Hall–Kier alpha value is -1.02. The van der Waals surface area contributed by atoms with E-state index in [0.717, 1.165) is 30.6 Å². The third-order valence-corrected chi connectivity index (χ3v) is 5.01. The van der Waals surface area contributed by atoms with Crippen LogP contribution in [0.25, 0.3) is 0 Å². The first-order chi connectivity index (χ1) is 8.29. The predicted octanol–water partition coefficient (Wildman–Crippen LogP) is 3.11. The number of methoxy groups -OCH3 is 1. The minimum Gasteiger partial charge on any atom is -0.469 e. The van der Waals surface area contributed by atoms with Crippen LogP contribution in [-0.4, -0.2) is 7.11 Å². The maximum Gasteiger partial charge on any atom is 0.108 e. The minimum atomic E-state index is 0.683.